The first kappa shape index (κ1) is 11.4. The van der Waals surface area contributed by atoms with Crippen LogP contribution in [0.3, 0.4) is 0 Å². The standard InChI is InChI=1S/C12H16N4O/c1-9(15-16-12-13-7-8-14-12)10-3-5-11(17-2)6-4-10/h3-6H,7-8H2,1-2H3,(H2,13,14,16). The molecule has 1 heterocycles. The minimum absolute atomic E-state index is 0.734. The summed E-state index contributed by atoms with van der Waals surface area (Å²) in [5, 5.41) is 7.36. The fourth-order valence-corrected chi connectivity index (χ4v) is 1.51. The molecule has 1 aromatic rings. The van der Waals surface area contributed by atoms with Crippen LogP contribution in [0.25, 0.3) is 0 Å². The monoisotopic (exact) mass is 232 g/mol. The number of hydrogen-bond acceptors (Lipinski definition) is 5. The van der Waals surface area contributed by atoms with E-state index in [0.29, 0.717) is 0 Å². The first-order chi connectivity index (χ1) is 8.29. The number of ether oxygens (including phenoxy) is 1. The first-order valence-corrected chi connectivity index (χ1v) is 5.52. The lowest BCUT2D eigenvalue weighted by Crippen LogP contribution is -2.30. The van der Waals surface area contributed by atoms with Crippen LogP contribution < -0.4 is 15.5 Å². The Morgan fingerprint density at radius 2 is 2.18 bits per heavy atom. The number of guanidine groups is 1. The second kappa shape index (κ2) is 5.34. The summed E-state index contributed by atoms with van der Waals surface area (Å²) in [5.74, 6) is 1.58. The third kappa shape index (κ3) is 2.96. The lowest BCUT2D eigenvalue weighted by Gasteiger charge is -2.04. The molecule has 0 fully saturated rings. The topological polar surface area (TPSA) is 58.0 Å². The molecule has 0 amide bonds. The molecule has 0 saturated carbocycles. The Kier molecular flexibility index (Phi) is 3.59. The van der Waals surface area contributed by atoms with Crippen LogP contribution in [0.2, 0.25) is 0 Å². The average Bonchev–Trinajstić information content (AvgIpc) is 2.89. The van der Waals surface area contributed by atoms with Gasteiger partial charge in [-0.2, -0.15) is 5.10 Å². The predicted molar refractivity (Wildman–Crippen MR) is 68.6 cm³/mol. The van der Waals surface area contributed by atoms with Gasteiger partial charge in [-0.3, -0.25) is 0 Å². The van der Waals surface area contributed by atoms with Crippen molar-refractivity contribution in [2.45, 2.75) is 6.92 Å². The minimum Gasteiger partial charge on any atom is -0.497 e. The second-order valence-corrected chi connectivity index (χ2v) is 3.69. The summed E-state index contributed by atoms with van der Waals surface area (Å²) >= 11 is 0. The zero-order valence-corrected chi connectivity index (χ0v) is 10.0. The number of benzene rings is 1. The van der Waals surface area contributed by atoms with Gasteiger partial charge in [0, 0.05) is 6.54 Å². The molecule has 1 aliphatic heterocycles. The third-order valence-electron chi connectivity index (χ3n) is 2.51. The highest BCUT2D eigenvalue weighted by molar-refractivity contribution is 5.99. The molecule has 1 aromatic carbocycles. The van der Waals surface area contributed by atoms with Crippen molar-refractivity contribution in [1.82, 2.24) is 10.7 Å². The largest absolute Gasteiger partial charge is 0.497 e. The average molecular weight is 232 g/mol. The molecule has 5 nitrogen and oxygen atoms in total. The van der Waals surface area contributed by atoms with Gasteiger partial charge in [-0.15, -0.1) is 0 Å². The van der Waals surface area contributed by atoms with Gasteiger partial charge in [0.2, 0.25) is 5.96 Å². The Morgan fingerprint density at radius 1 is 1.41 bits per heavy atom. The molecule has 0 spiro atoms. The summed E-state index contributed by atoms with van der Waals surface area (Å²) < 4.78 is 5.11. The van der Waals surface area contributed by atoms with E-state index in [1.807, 2.05) is 31.2 Å². The van der Waals surface area contributed by atoms with Crippen molar-refractivity contribution in [1.29, 1.82) is 0 Å². The number of hydrazone groups is 1. The molecule has 0 unspecified atom stereocenters. The summed E-state index contributed by atoms with van der Waals surface area (Å²) in [6.07, 6.45) is 0. The van der Waals surface area contributed by atoms with Crippen molar-refractivity contribution in [3.8, 4) is 5.75 Å². The molecule has 90 valence electrons. The van der Waals surface area contributed by atoms with E-state index in [0.717, 1.165) is 36.1 Å². The van der Waals surface area contributed by atoms with Gasteiger partial charge in [0.1, 0.15) is 5.75 Å². The molecule has 2 rings (SSSR count). The summed E-state index contributed by atoms with van der Waals surface area (Å²) in [4.78, 5) is 4.20. The van der Waals surface area contributed by atoms with Gasteiger partial charge in [-0.25, -0.2) is 10.4 Å². The Hall–Kier alpha value is -2.04. The Bertz CT molecular complexity index is 436. The molecule has 0 aromatic heterocycles. The molecule has 0 aliphatic carbocycles. The molecule has 2 N–H and O–H groups in total. The Balaban J connectivity index is 2.02. The van der Waals surface area contributed by atoms with E-state index < -0.39 is 0 Å². The van der Waals surface area contributed by atoms with E-state index >= 15 is 0 Å². The fraction of sp³-hybridized carbons (Fsp3) is 0.333. The first-order valence-electron chi connectivity index (χ1n) is 5.52. The normalized spacial score (nSPS) is 15.2. The summed E-state index contributed by atoms with van der Waals surface area (Å²) in [6, 6.07) is 7.78. The van der Waals surface area contributed by atoms with Crippen molar-refractivity contribution in [2.75, 3.05) is 20.2 Å². The van der Waals surface area contributed by atoms with Gasteiger partial charge in [-0.1, -0.05) is 0 Å². The van der Waals surface area contributed by atoms with Gasteiger partial charge >= 0.3 is 0 Å². The fourth-order valence-electron chi connectivity index (χ4n) is 1.51. The van der Waals surface area contributed by atoms with Crippen molar-refractivity contribution in [2.24, 2.45) is 10.1 Å². The number of methoxy groups -OCH3 is 1. The highest BCUT2D eigenvalue weighted by atomic mass is 16.5. The van der Waals surface area contributed by atoms with Crippen LogP contribution in [-0.4, -0.2) is 31.9 Å². The van der Waals surface area contributed by atoms with E-state index in [9.17, 15) is 0 Å². The van der Waals surface area contributed by atoms with E-state index in [1.54, 1.807) is 7.11 Å². The van der Waals surface area contributed by atoms with E-state index in [1.165, 1.54) is 0 Å². The number of aliphatic imine (C=N–C) groups is 1. The maximum atomic E-state index is 5.11. The zero-order chi connectivity index (χ0) is 12.1. The Labute approximate surface area is 101 Å². The van der Waals surface area contributed by atoms with Crippen LogP contribution in [0.4, 0.5) is 0 Å². The maximum Gasteiger partial charge on any atom is 0.212 e. The maximum absolute atomic E-state index is 5.11. The molecular weight excluding hydrogens is 216 g/mol. The second-order valence-electron chi connectivity index (χ2n) is 3.69. The lowest BCUT2D eigenvalue weighted by molar-refractivity contribution is 0.415. The van der Waals surface area contributed by atoms with E-state index in [-0.39, 0.29) is 0 Å². The minimum atomic E-state index is 0.734. The quantitative estimate of drug-likeness (QED) is 0.603. The van der Waals surface area contributed by atoms with E-state index in [2.05, 4.69) is 20.8 Å². The number of nitrogens with one attached hydrogen (secondary N) is 2. The van der Waals surface area contributed by atoms with Crippen molar-refractivity contribution < 1.29 is 4.74 Å². The number of hydrogen-bond donors (Lipinski definition) is 2. The summed E-state index contributed by atoms with van der Waals surface area (Å²) in [7, 11) is 1.65. The highest BCUT2D eigenvalue weighted by Gasteiger charge is 2.03. The molecule has 5 heteroatoms. The number of nitrogens with zero attached hydrogens (tertiary/aromatic N) is 2. The molecule has 0 bridgehead atoms. The third-order valence-corrected chi connectivity index (χ3v) is 2.51. The smallest absolute Gasteiger partial charge is 0.212 e. The SMILES string of the molecule is COc1ccc(C(C)=NNC2=NCCN2)cc1. The van der Waals surface area contributed by atoms with Gasteiger partial charge < -0.3 is 10.1 Å². The van der Waals surface area contributed by atoms with Crippen molar-refractivity contribution in [3.05, 3.63) is 29.8 Å². The van der Waals surface area contributed by atoms with Crippen LogP contribution >= 0.6 is 0 Å². The van der Waals surface area contributed by atoms with Crippen LogP contribution in [0.1, 0.15) is 12.5 Å². The van der Waals surface area contributed by atoms with Gasteiger partial charge in [0.15, 0.2) is 0 Å². The molecular formula is C12H16N4O. The van der Waals surface area contributed by atoms with Gasteiger partial charge in [0.05, 0.1) is 19.4 Å². The van der Waals surface area contributed by atoms with Gasteiger partial charge in [0.25, 0.3) is 0 Å². The Morgan fingerprint density at radius 3 is 2.76 bits per heavy atom. The number of rotatable bonds is 3. The van der Waals surface area contributed by atoms with Crippen LogP contribution in [0.5, 0.6) is 5.75 Å². The molecule has 1 aliphatic rings. The van der Waals surface area contributed by atoms with Crippen molar-refractivity contribution in [3.63, 3.8) is 0 Å². The molecule has 0 saturated heterocycles. The predicted octanol–water partition coefficient (Wildman–Crippen LogP) is 0.968. The van der Waals surface area contributed by atoms with Crippen LogP contribution in [-0.2, 0) is 0 Å². The summed E-state index contributed by atoms with van der Waals surface area (Å²) in [5.41, 5.74) is 4.86. The van der Waals surface area contributed by atoms with Crippen LogP contribution in [0.15, 0.2) is 34.4 Å². The highest BCUT2D eigenvalue weighted by Crippen LogP contribution is 2.11. The molecule has 17 heavy (non-hydrogen) atoms. The van der Waals surface area contributed by atoms with Gasteiger partial charge in [-0.05, 0) is 36.8 Å². The molecule has 0 atom stereocenters. The lowest BCUT2D eigenvalue weighted by atomic mass is 10.1. The summed E-state index contributed by atoms with van der Waals surface area (Å²) in [6.45, 7) is 3.63. The van der Waals surface area contributed by atoms with Crippen molar-refractivity contribution >= 4 is 11.7 Å². The zero-order valence-electron chi connectivity index (χ0n) is 10.0. The van der Waals surface area contributed by atoms with Crippen LogP contribution in [0, 0.1) is 0 Å². The molecule has 0 radical (unpaired) electrons. The van der Waals surface area contributed by atoms with E-state index in [4.69, 9.17) is 4.74 Å².